The molecule has 0 spiro atoms. The quantitative estimate of drug-likeness (QED) is 0.371. The standard InChI is InChI=1S/C26H24ClN3O2/c1-17(19-11-10-18-6-2-3-7-20(18)15-19)14-22(31)16-29-26(32)30(21-12-13-21)25(28-29)23-8-4-5-9-24(23)27/h2-11,15,17,21H,12-14,16H2,1H3. The average molecular weight is 446 g/mol. The number of halogens is 1. The van der Waals surface area contributed by atoms with E-state index in [1.807, 2.05) is 37.3 Å². The Morgan fingerprint density at radius 2 is 1.78 bits per heavy atom. The van der Waals surface area contributed by atoms with Crippen LogP contribution in [-0.4, -0.2) is 20.1 Å². The van der Waals surface area contributed by atoms with Crippen molar-refractivity contribution in [3.8, 4) is 11.4 Å². The minimum absolute atomic E-state index is 0.0149. The third-order valence-electron chi connectivity index (χ3n) is 6.10. The summed E-state index contributed by atoms with van der Waals surface area (Å²) in [5, 5.41) is 7.41. The fourth-order valence-corrected chi connectivity index (χ4v) is 4.44. The summed E-state index contributed by atoms with van der Waals surface area (Å²) in [6.45, 7) is 2.01. The maximum absolute atomic E-state index is 13.1. The summed E-state index contributed by atoms with van der Waals surface area (Å²) < 4.78 is 2.99. The first-order valence-electron chi connectivity index (χ1n) is 11.0. The molecule has 1 aliphatic rings. The van der Waals surface area contributed by atoms with Crippen LogP contribution in [-0.2, 0) is 11.3 Å². The average Bonchev–Trinajstić information content (AvgIpc) is 3.58. The van der Waals surface area contributed by atoms with Gasteiger partial charge in [0.2, 0.25) is 0 Å². The smallest absolute Gasteiger partial charge is 0.298 e. The number of benzene rings is 3. The fraction of sp³-hybridized carbons (Fsp3) is 0.269. The van der Waals surface area contributed by atoms with Gasteiger partial charge in [-0.15, -0.1) is 5.10 Å². The second-order valence-electron chi connectivity index (χ2n) is 8.60. The predicted octanol–water partition coefficient (Wildman–Crippen LogP) is 5.62. The first-order valence-corrected chi connectivity index (χ1v) is 11.3. The van der Waals surface area contributed by atoms with Gasteiger partial charge in [0, 0.05) is 18.0 Å². The van der Waals surface area contributed by atoms with Gasteiger partial charge in [-0.05, 0) is 47.2 Å². The van der Waals surface area contributed by atoms with Crippen LogP contribution in [0.3, 0.4) is 0 Å². The summed E-state index contributed by atoms with van der Waals surface area (Å²) in [6.07, 6.45) is 2.23. The van der Waals surface area contributed by atoms with Gasteiger partial charge in [-0.2, -0.15) is 0 Å². The van der Waals surface area contributed by atoms with Gasteiger partial charge in [-0.25, -0.2) is 9.48 Å². The van der Waals surface area contributed by atoms with Crippen molar-refractivity contribution in [2.75, 3.05) is 0 Å². The largest absolute Gasteiger partial charge is 0.346 e. The molecule has 1 aromatic heterocycles. The SMILES string of the molecule is CC(CC(=O)Cn1nc(-c2ccccc2Cl)n(C2CC2)c1=O)c1ccc2ccccc2c1. The highest BCUT2D eigenvalue weighted by Gasteiger charge is 2.31. The van der Waals surface area contributed by atoms with Crippen molar-refractivity contribution in [3.63, 3.8) is 0 Å². The van der Waals surface area contributed by atoms with Crippen molar-refractivity contribution in [2.45, 2.75) is 44.7 Å². The monoisotopic (exact) mass is 445 g/mol. The molecule has 4 aromatic rings. The molecule has 3 aromatic carbocycles. The lowest BCUT2D eigenvalue weighted by atomic mass is 9.93. The van der Waals surface area contributed by atoms with E-state index in [-0.39, 0.29) is 30.0 Å². The molecule has 0 bridgehead atoms. The van der Waals surface area contributed by atoms with Crippen molar-refractivity contribution in [1.82, 2.24) is 14.3 Å². The Bertz CT molecular complexity index is 1370. The topological polar surface area (TPSA) is 56.9 Å². The van der Waals surface area contributed by atoms with Crippen molar-refractivity contribution in [3.05, 3.63) is 87.8 Å². The zero-order valence-electron chi connectivity index (χ0n) is 17.9. The molecule has 5 nitrogen and oxygen atoms in total. The Balaban J connectivity index is 1.37. The van der Waals surface area contributed by atoms with E-state index in [2.05, 4.69) is 35.4 Å². The minimum atomic E-state index is -0.242. The second-order valence-corrected chi connectivity index (χ2v) is 9.00. The molecule has 1 unspecified atom stereocenters. The van der Waals surface area contributed by atoms with Crippen LogP contribution in [0.1, 0.15) is 43.7 Å². The molecule has 0 amide bonds. The number of carbonyl (C=O) groups excluding carboxylic acids is 1. The first kappa shape index (κ1) is 20.7. The van der Waals surface area contributed by atoms with E-state index in [9.17, 15) is 9.59 Å². The highest BCUT2D eigenvalue weighted by molar-refractivity contribution is 6.33. The van der Waals surface area contributed by atoms with Gasteiger partial charge in [0.25, 0.3) is 0 Å². The van der Waals surface area contributed by atoms with Gasteiger partial charge in [0.1, 0.15) is 6.54 Å². The molecule has 1 fully saturated rings. The normalized spacial score (nSPS) is 14.6. The molecule has 0 saturated heterocycles. The van der Waals surface area contributed by atoms with Crippen LogP contribution in [0.15, 0.2) is 71.5 Å². The second kappa shape index (κ2) is 8.40. The van der Waals surface area contributed by atoms with Gasteiger partial charge in [-0.1, -0.05) is 73.1 Å². The molecule has 1 atom stereocenters. The molecular formula is C26H24ClN3O2. The van der Waals surface area contributed by atoms with Crippen LogP contribution in [0.25, 0.3) is 22.2 Å². The van der Waals surface area contributed by atoms with Crippen molar-refractivity contribution < 1.29 is 4.79 Å². The summed E-state index contributed by atoms with van der Waals surface area (Å²) in [5.74, 6) is 0.578. The molecule has 6 heteroatoms. The van der Waals surface area contributed by atoms with Crippen LogP contribution in [0.2, 0.25) is 5.02 Å². The van der Waals surface area contributed by atoms with Crippen molar-refractivity contribution in [2.24, 2.45) is 0 Å². The summed E-state index contributed by atoms with van der Waals surface area (Å²) >= 11 is 6.37. The highest BCUT2D eigenvalue weighted by Crippen LogP contribution is 2.37. The first-order chi connectivity index (χ1) is 15.5. The third kappa shape index (κ3) is 4.00. The van der Waals surface area contributed by atoms with E-state index in [1.165, 1.54) is 10.1 Å². The molecule has 0 radical (unpaired) electrons. The van der Waals surface area contributed by atoms with Gasteiger partial charge in [0.05, 0.1) is 5.02 Å². The zero-order valence-corrected chi connectivity index (χ0v) is 18.6. The van der Waals surface area contributed by atoms with E-state index < -0.39 is 0 Å². The number of aromatic nitrogens is 3. The number of fused-ring (bicyclic) bond motifs is 1. The van der Waals surface area contributed by atoms with Crippen molar-refractivity contribution in [1.29, 1.82) is 0 Å². The maximum atomic E-state index is 13.1. The number of rotatable bonds is 7. The number of hydrogen-bond acceptors (Lipinski definition) is 3. The highest BCUT2D eigenvalue weighted by atomic mass is 35.5. The molecule has 0 aliphatic heterocycles. The van der Waals surface area contributed by atoms with E-state index in [1.54, 1.807) is 10.6 Å². The Morgan fingerprint density at radius 3 is 2.53 bits per heavy atom. The summed E-state index contributed by atoms with van der Waals surface area (Å²) in [5.41, 5.74) is 1.59. The van der Waals surface area contributed by atoms with Gasteiger partial charge >= 0.3 is 5.69 Å². The molecule has 1 saturated carbocycles. The minimum Gasteiger partial charge on any atom is -0.298 e. The Morgan fingerprint density at radius 1 is 1.06 bits per heavy atom. The van der Waals surface area contributed by atoms with E-state index in [4.69, 9.17) is 11.6 Å². The Kier molecular flexibility index (Phi) is 5.43. The number of ketones is 1. The van der Waals surface area contributed by atoms with E-state index in [0.29, 0.717) is 22.8 Å². The Hall–Kier alpha value is -3.18. The van der Waals surface area contributed by atoms with Crippen molar-refractivity contribution >= 4 is 28.2 Å². The zero-order chi connectivity index (χ0) is 22.2. The van der Waals surface area contributed by atoms with Crippen LogP contribution in [0, 0.1) is 0 Å². The number of Topliss-reactive ketones (excluding diaryl/α,β-unsaturated/α-hetero) is 1. The lowest BCUT2D eigenvalue weighted by molar-refractivity contribution is -0.120. The van der Waals surface area contributed by atoms with Gasteiger partial charge in [0.15, 0.2) is 11.6 Å². The third-order valence-corrected chi connectivity index (χ3v) is 6.43. The molecule has 1 heterocycles. The Labute approximate surface area is 191 Å². The number of hydrogen-bond donors (Lipinski definition) is 0. The van der Waals surface area contributed by atoms with Gasteiger partial charge < -0.3 is 0 Å². The number of nitrogens with zero attached hydrogens (tertiary/aromatic N) is 3. The lowest BCUT2D eigenvalue weighted by Gasteiger charge is -2.12. The maximum Gasteiger partial charge on any atom is 0.346 e. The van der Waals surface area contributed by atoms with E-state index >= 15 is 0 Å². The van der Waals surface area contributed by atoms with Crippen LogP contribution >= 0.6 is 11.6 Å². The van der Waals surface area contributed by atoms with Gasteiger partial charge in [-0.3, -0.25) is 9.36 Å². The molecule has 32 heavy (non-hydrogen) atoms. The molecule has 0 N–H and O–H groups in total. The summed E-state index contributed by atoms with van der Waals surface area (Å²) in [4.78, 5) is 25.9. The summed E-state index contributed by atoms with van der Waals surface area (Å²) in [7, 11) is 0. The molecule has 1 aliphatic carbocycles. The lowest BCUT2D eigenvalue weighted by Crippen LogP contribution is -2.28. The van der Waals surface area contributed by atoms with Crippen LogP contribution in [0.4, 0.5) is 0 Å². The van der Waals surface area contributed by atoms with Crippen LogP contribution < -0.4 is 5.69 Å². The molecule has 162 valence electrons. The van der Waals surface area contributed by atoms with E-state index in [0.717, 1.165) is 23.8 Å². The summed E-state index contributed by atoms with van der Waals surface area (Å²) in [6, 6.07) is 22.0. The number of carbonyl (C=O) groups is 1. The van der Waals surface area contributed by atoms with Crippen LogP contribution in [0.5, 0.6) is 0 Å². The molecular weight excluding hydrogens is 422 g/mol. The molecule has 5 rings (SSSR count). The predicted molar refractivity (Wildman–Crippen MR) is 127 cm³/mol. The fourth-order valence-electron chi connectivity index (χ4n) is 4.22.